The van der Waals surface area contributed by atoms with Gasteiger partial charge < -0.3 is 14.2 Å². The molecule has 8 rings (SSSR count). The molecule has 2 aliphatic heterocycles. The zero-order valence-electron chi connectivity index (χ0n) is 23.6. The van der Waals surface area contributed by atoms with Crippen molar-refractivity contribution in [2.45, 2.75) is 26.2 Å². The minimum absolute atomic E-state index is 0.00569. The number of fused-ring (bicyclic) bond motifs is 5. The monoisotopic (exact) mass is 546 g/mol. The van der Waals surface area contributed by atoms with E-state index in [2.05, 4.69) is 74.3 Å². The van der Waals surface area contributed by atoms with Crippen molar-refractivity contribution in [3.63, 3.8) is 0 Å². The summed E-state index contributed by atoms with van der Waals surface area (Å²) in [4.78, 5) is 9.27. The number of benzene rings is 4. The fraction of sp³-hybridized carbons (Fsp3) is 0.111. The molecule has 6 aromatic rings. The Bertz CT molecular complexity index is 2020. The molecule has 0 saturated carbocycles. The van der Waals surface area contributed by atoms with Crippen molar-refractivity contribution in [3.05, 3.63) is 115 Å². The summed E-state index contributed by atoms with van der Waals surface area (Å²) in [5.74, 6) is 4.51. The van der Waals surface area contributed by atoms with Crippen molar-refractivity contribution in [3.8, 4) is 45.9 Å². The molecule has 0 spiro atoms. The van der Waals surface area contributed by atoms with Gasteiger partial charge in [0.2, 0.25) is 5.88 Å². The first-order valence-corrected chi connectivity index (χ1v) is 14.2. The second kappa shape index (κ2) is 9.21. The zero-order chi connectivity index (χ0) is 28.4. The van der Waals surface area contributed by atoms with Crippen molar-refractivity contribution in [1.82, 2.24) is 9.97 Å². The van der Waals surface area contributed by atoms with Crippen LogP contribution in [0.1, 0.15) is 26.3 Å². The second-order valence-corrected chi connectivity index (χ2v) is 11.9. The summed E-state index contributed by atoms with van der Waals surface area (Å²) >= 11 is 0. The van der Waals surface area contributed by atoms with Crippen LogP contribution < -0.4 is 30.6 Å². The summed E-state index contributed by atoms with van der Waals surface area (Å²) in [5.41, 5.74) is 6.22. The SMILES string of the molecule is CC(C)(C)c1ccnc(Oc2ccc3c(c2)B2c4cc(-c5cc6ccccc6cn5)ccc4Oc4cccc(c42)O3)c1. The van der Waals surface area contributed by atoms with Gasteiger partial charge in [-0.15, -0.1) is 0 Å². The van der Waals surface area contributed by atoms with Crippen LogP contribution >= 0.6 is 0 Å². The van der Waals surface area contributed by atoms with Gasteiger partial charge in [0.15, 0.2) is 0 Å². The molecule has 0 saturated heterocycles. The Labute approximate surface area is 244 Å². The average Bonchev–Trinajstić information content (AvgIpc) is 3.00. The molecule has 4 heterocycles. The standard InChI is InChI=1S/C36H27BN2O3/c1-36(2,3)25-15-16-38-34(19-25)40-26-12-14-31-28(20-26)37-27-17-23(29-18-22-7-4-5-8-24(22)21-39-29)11-13-30(27)41-32-9-6-10-33(42-31)35(32)37/h4-21H,1-3H3. The largest absolute Gasteiger partial charge is 0.458 e. The molecule has 0 aliphatic carbocycles. The molecule has 6 heteroatoms. The molecule has 0 atom stereocenters. The van der Waals surface area contributed by atoms with Gasteiger partial charge >= 0.3 is 0 Å². The van der Waals surface area contributed by atoms with Crippen LogP contribution in [0.15, 0.2) is 109 Å². The summed E-state index contributed by atoms with van der Waals surface area (Å²) in [5, 5.41) is 2.28. The summed E-state index contributed by atoms with van der Waals surface area (Å²) in [7, 11) is 0. The van der Waals surface area contributed by atoms with Crippen LogP contribution in [-0.4, -0.2) is 16.7 Å². The number of rotatable bonds is 3. The van der Waals surface area contributed by atoms with E-state index in [0.29, 0.717) is 11.6 Å². The predicted molar refractivity (Wildman–Crippen MR) is 168 cm³/mol. The van der Waals surface area contributed by atoms with E-state index in [1.807, 2.05) is 54.7 Å². The third-order valence-electron chi connectivity index (χ3n) is 8.12. The Kier molecular flexibility index (Phi) is 5.41. The van der Waals surface area contributed by atoms with E-state index in [9.17, 15) is 0 Å². The highest BCUT2D eigenvalue weighted by molar-refractivity contribution is 6.98. The van der Waals surface area contributed by atoms with Crippen molar-refractivity contribution >= 4 is 33.9 Å². The topological polar surface area (TPSA) is 53.5 Å². The highest BCUT2D eigenvalue weighted by atomic mass is 16.5. The maximum Gasteiger partial charge on any atom is 0.260 e. The van der Waals surface area contributed by atoms with Crippen LogP contribution in [0.4, 0.5) is 0 Å². The van der Waals surface area contributed by atoms with Gasteiger partial charge in [0.05, 0.1) is 5.69 Å². The molecule has 0 fully saturated rings. The Morgan fingerprint density at radius 1 is 0.667 bits per heavy atom. The maximum absolute atomic E-state index is 6.43. The lowest BCUT2D eigenvalue weighted by atomic mass is 9.34. The van der Waals surface area contributed by atoms with E-state index in [1.165, 1.54) is 5.56 Å². The van der Waals surface area contributed by atoms with Crippen molar-refractivity contribution in [2.24, 2.45) is 0 Å². The van der Waals surface area contributed by atoms with E-state index in [4.69, 9.17) is 19.2 Å². The van der Waals surface area contributed by atoms with Gasteiger partial charge in [-0.2, -0.15) is 0 Å². The van der Waals surface area contributed by atoms with Crippen LogP contribution in [-0.2, 0) is 5.41 Å². The zero-order valence-corrected chi connectivity index (χ0v) is 23.6. The first kappa shape index (κ1) is 24.7. The van der Waals surface area contributed by atoms with E-state index in [1.54, 1.807) is 6.20 Å². The smallest absolute Gasteiger partial charge is 0.260 e. The summed E-state index contributed by atoms with van der Waals surface area (Å²) in [6, 6.07) is 32.8. The Hall–Kier alpha value is -5.10. The first-order valence-electron chi connectivity index (χ1n) is 14.2. The number of aromatic nitrogens is 2. The Morgan fingerprint density at radius 3 is 2.19 bits per heavy atom. The molecule has 5 nitrogen and oxygen atoms in total. The molecule has 4 aromatic carbocycles. The number of hydrogen-bond acceptors (Lipinski definition) is 5. The lowest BCUT2D eigenvalue weighted by Crippen LogP contribution is -2.57. The van der Waals surface area contributed by atoms with Crippen molar-refractivity contribution in [1.29, 1.82) is 0 Å². The lowest BCUT2D eigenvalue weighted by molar-refractivity contribution is 0.452. The second-order valence-electron chi connectivity index (χ2n) is 11.9. The molecule has 0 radical (unpaired) electrons. The van der Waals surface area contributed by atoms with Gasteiger partial charge in [-0.1, -0.05) is 57.2 Å². The molecule has 2 aromatic heterocycles. The third-order valence-corrected chi connectivity index (χ3v) is 8.12. The van der Waals surface area contributed by atoms with E-state index < -0.39 is 0 Å². The van der Waals surface area contributed by atoms with Crippen molar-refractivity contribution < 1.29 is 14.2 Å². The number of nitrogens with zero attached hydrogens (tertiary/aromatic N) is 2. The normalized spacial score (nSPS) is 13.0. The molecule has 42 heavy (non-hydrogen) atoms. The molecule has 202 valence electrons. The van der Waals surface area contributed by atoms with Gasteiger partial charge in [0.25, 0.3) is 6.71 Å². The van der Waals surface area contributed by atoms with Crippen LogP contribution in [0.5, 0.6) is 34.6 Å². The van der Waals surface area contributed by atoms with Crippen LogP contribution in [0.25, 0.3) is 22.0 Å². The third kappa shape index (κ3) is 4.10. The molecular formula is C36H27BN2O3. The van der Waals surface area contributed by atoms with E-state index in [-0.39, 0.29) is 12.1 Å². The first-order chi connectivity index (χ1) is 20.4. The van der Waals surface area contributed by atoms with Gasteiger partial charge in [0, 0.05) is 29.3 Å². The fourth-order valence-corrected chi connectivity index (χ4v) is 5.93. The van der Waals surface area contributed by atoms with Gasteiger partial charge in [-0.3, -0.25) is 4.98 Å². The quantitative estimate of drug-likeness (QED) is 0.221. The molecule has 0 amide bonds. The summed E-state index contributed by atoms with van der Waals surface area (Å²) in [6.45, 7) is 6.45. The summed E-state index contributed by atoms with van der Waals surface area (Å²) in [6.07, 6.45) is 3.74. The fourth-order valence-electron chi connectivity index (χ4n) is 5.93. The van der Waals surface area contributed by atoms with Crippen LogP contribution in [0.2, 0.25) is 0 Å². The predicted octanol–water partition coefficient (Wildman–Crippen LogP) is 7.11. The molecule has 0 unspecified atom stereocenters. The van der Waals surface area contributed by atoms with E-state index in [0.717, 1.165) is 61.4 Å². The van der Waals surface area contributed by atoms with Gasteiger partial charge in [0.1, 0.15) is 28.7 Å². The Balaban J connectivity index is 1.24. The van der Waals surface area contributed by atoms with Gasteiger partial charge in [-0.05, 0) is 87.5 Å². The molecule has 0 bridgehead atoms. The summed E-state index contributed by atoms with van der Waals surface area (Å²) < 4.78 is 19.2. The number of ether oxygens (including phenoxy) is 3. The highest BCUT2D eigenvalue weighted by Crippen LogP contribution is 2.37. The average molecular weight is 546 g/mol. The lowest BCUT2D eigenvalue weighted by Gasteiger charge is -2.33. The van der Waals surface area contributed by atoms with Crippen LogP contribution in [0.3, 0.4) is 0 Å². The van der Waals surface area contributed by atoms with Crippen molar-refractivity contribution in [2.75, 3.05) is 0 Å². The van der Waals surface area contributed by atoms with E-state index >= 15 is 0 Å². The molecule has 0 N–H and O–H groups in total. The molecular weight excluding hydrogens is 519 g/mol. The molecule has 2 aliphatic rings. The highest BCUT2D eigenvalue weighted by Gasteiger charge is 2.40. The Morgan fingerprint density at radius 2 is 1.40 bits per heavy atom. The number of hydrogen-bond donors (Lipinski definition) is 0. The maximum atomic E-state index is 6.43. The minimum Gasteiger partial charge on any atom is -0.458 e. The minimum atomic E-state index is -0.0958. The van der Waals surface area contributed by atoms with Crippen LogP contribution in [0, 0.1) is 0 Å². The van der Waals surface area contributed by atoms with Gasteiger partial charge in [-0.25, -0.2) is 4.98 Å². The number of pyridine rings is 2.